The molecule has 0 spiro atoms. The Hall–Kier alpha value is -2.64. The van der Waals surface area contributed by atoms with Crippen molar-refractivity contribution in [2.45, 2.75) is 0 Å². The minimum atomic E-state index is -0.322. The first kappa shape index (κ1) is 19.1. The molecule has 0 aliphatic carbocycles. The first-order chi connectivity index (χ1) is 13.1. The molecule has 0 bridgehead atoms. The molecule has 0 atom stereocenters. The molecule has 0 aromatic heterocycles. The number of β-amino-alcohol motifs (C(OH)–C–C–N with tert-alkyl or cyclic N) is 1. The number of amides is 2. The van der Waals surface area contributed by atoms with Gasteiger partial charge < -0.3 is 14.7 Å². The number of carbonyl (C=O) groups excluding carboxylic acids is 2. The normalized spacial score (nSPS) is 18.4. The molecule has 0 saturated carbocycles. The van der Waals surface area contributed by atoms with Crippen molar-refractivity contribution in [1.82, 2.24) is 14.7 Å². The fourth-order valence-electron chi connectivity index (χ4n) is 3.58. The number of hydrogen-bond donors (Lipinski definition) is 1. The Bertz CT molecular complexity index is 766. The van der Waals surface area contributed by atoms with Crippen LogP contribution in [0.15, 0.2) is 42.6 Å². The summed E-state index contributed by atoms with van der Waals surface area (Å²) >= 11 is 0. The van der Waals surface area contributed by atoms with Crippen molar-refractivity contribution in [3.8, 4) is 5.75 Å². The Labute approximate surface area is 159 Å². The summed E-state index contributed by atoms with van der Waals surface area (Å²) in [7, 11) is 1.55. The van der Waals surface area contributed by atoms with Gasteiger partial charge in [-0.2, -0.15) is 0 Å². The molecule has 2 amide bonds. The summed E-state index contributed by atoms with van der Waals surface area (Å²) in [6.45, 7) is 7.25. The number of aliphatic hydroxyl groups is 1. The smallest absolute Gasteiger partial charge is 0.278 e. The molecule has 0 radical (unpaired) electrons. The Balaban J connectivity index is 2.01. The number of para-hydroxylation sites is 1. The van der Waals surface area contributed by atoms with Gasteiger partial charge in [-0.05, 0) is 6.07 Å². The number of carbonyl (C=O) groups is 2. The van der Waals surface area contributed by atoms with Crippen LogP contribution in [0.25, 0.3) is 5.57 Å². The summed E-state index contributed by atoms with van der Waals surface area (Å²) in [6.07, 6.45) is 1.55. The molecular weight excluding hydrogens is 346 g/mol. The van der Waals surface area contributed by atoms with Crippen LogP contribution in [0.4, 0.5) is 0 Å². The molecule has 1 N–H and O–H groups in total. The summed E-state index contributed by atoms with van der Waals surface area (Å²) in [6, 6.07) is 7.25. The van der Waals surface area contributed by atoms with Gasteiger partial charge in [0.2, 0.25) is 0 Å². The third-order valence-electron chi connectivity index (χ3n) is 4.94. The van der Waals surface area contributed by atoms with E-state index in [4.69, 9.17) is 9.84 Å². The van der Waals surface area contributed by atoms with E-state index >= 15 is 0 Å². The van der Waals surface area contributed by atoms with E-state index in [1.54, 1.807) is 25.3 Å². The molecule has 7 heteroatoms. The highest BCUT2D eigenvalue weighted by molar-refractivity contribution is 6.36. The highest BCUT2D eigenvalue weighted by Crippen LogP contribution is 2.36. The second-order valence-electron chi connectivity index (χ2n) is 6.49. The first-order valence-electron chi connectivity index (χ1n) is 9.05. The van der Waals surface area contributed by atoms with Crippen LogP contribution in [0.5, 0.6) is 5.75 Å². The van der Waals surface area contributed by atoms with Crippen LogP contribution in [0, 0.1) is 0 Å². The van der Waals surface area contributed by atoms with Gasteiger partial charge in [0.15, 0.2) is 0 Å². The summed E-state index contributed by atoms with van der Waals surface area (Å²) in [4.78, 5) is 31.5. The highest BCUT2D eigenvalue weighted by atomic mass is 16.5. The predicted molar refractivity (Wildman–Crippen MR) is 102 cm³/mol. The number of hydrogen-bond acceptors (Lipinski definition) is 6. The predicted octanol–water partition coefficient (Wildman–Crippen LogP) is 0.571. The van der Waals surface area contributed by atoms with Crippen LogP contribution in [-0.4, -0.2) is 84.6 Å². The minimum absolute atomic E-state index is 0.111. The number of rotatable bonds is 7. The van der Waals surface area contributed by atoms with Crippen molar-refractivity contribution in [2.24, 2.45) is 0 Å². The number of imide groups is 1. The lowest BCUT2D eigenvalue weighted by Gasteiger charge is -2.36. The van der Waals surface area contributed by atoms with Crippen molar-refractivity contribution < 1.29 is 19.4 Å². The van der Waals surface area contributed by atoms with E-state index in [1.807, 2.05) is 17.0 Å². The molecule has 3 rings (SSSR count). The van der Waals surface area contributed by atoms with Crippen molar-refractivity contribution in [3.63, 3.8) is 0 Å². The topological polar surface area (TPSA) is 73.3 Å². The fraction of sp³-hybridized carbons (Fsp3) is 0.400. The molecule has 7 nitrogen and oxygen atoms in total. The van der Waals surface area contributed by atoms with Gasteiger partial charge in [0.05, 0.1) is 19.3 Å². The van der Waals surface area contributed by atoms with Gasteiger partial charge in [-0.1, -0.05) is 24.3 Å². The van der Waals surface area contributed by atoms with Crippen molar-refractivity contribution in [3.05, 3.63) is 48.2 Å². The summed E-state index contributed by atoms with van der Waals surface area (Å²) in [5.74, 6) is -0.0564. The molecule has 2 aliphatic rings. The van der Waals surface area contributed by atoms with E-state index in [9.17, 15) is 9.59 Å². The highest BCUT2D eigenvalue weighted by Gasteiger charge is 2.42. The lowest BCUT2D eigenvalue weighted by Crippen LogP contribution is -2.48. The average molecular weight is 371 g/mol. The van der Waals surface area contributed by atoms with Crippen LogP contribution >= 0.6 is 0 Å². The van der Waals surface area contributed by atoms with Crippen molar-refractivity contribution in [1.29, 1.82) is 0 Å². The molecule has 1 saturated heterocycles. The Morgan fingerprint density at radius 3 is 2.48 bits per heavy atom. The van der Waals surface area contributed by atoms with E-state index < -0.39 is 0 Å². The van der Waals surface area contributed by atoms with Gasteiger partial charge in [-0.15, -0.1) is 6.58 Å². The van der Waals surface area contributed by atoms with E-state index in [1.165, 1.54) is 4.90 Å². The second-order valence-corrected chi connectivity index (χ2v) is 6.49. The van der Waals surface area contributed by atoms with Gasteiger partial charge in [0.25, 0.3) is 11.8 Å². The monoisotopic (exact) mass is 371 g/mol. The maximum Gasteiger partial charge on any atom is 0.278 e. The Kier molecular flexibility index (Phi) is 5.93. The average Bonchev–Trinajstić information content (AvgIpc) is 2.94. The molecule has 27 heavy (non-hydrogen) atoms. The number of nitrogens with zero attached hydrogens (tertiary/aromatic N) is 3. The van der Waals surface area contributed by atoms with Crippen LogP contribution < -0.4 is 4.74 Å². The zero-order valence-corrected chi connectivity index (χ0v) is 15.6. The SMILES string of the molecule is C=CCN1C(=O)C(c2ccccc2OC)=C(N2CCN(CCO)CC2)C1=O. The molecular formula is C20H25N3O4. The van der Waals surface area contributed by atoms with Gasteiger partial charge in [-0.3, -0.25) is 19.4 Å². The number of benzene rings is 1. The zero-order valence-electron chi connectivity index (χ0n) is 15.6. The van der Waals surface area contributed by atoms with Crippen LogP contribution in [-0.2, 0) is 9.59 Å². The van der Waals surface area contributed by atoms with Crippen LogP contribution in [0.2, 0.25) is 0 Å². The van der Waals surface area contributed by atoms with Crippen LogP contribution in [0.1, 0.15) is 5.56 Å². The standard InChI is InChI=1S/C20H25N3O4/c1-3-8-23-19(25)17(15-6-4-5-7-16(15)27-2)18(20(23)26)22-11-9-21(10-12-22)13-14-24/h3-7,24H,1,8-14H2,2H3. The minimum Gasteiger partial charge on any atom is -0.496 e. The second kappa shape index (κ2) is 8.37. The fourth-order valence-corrected chi connectivity index (χ4v) is 3.58. The van der Waals surface area contributed by atoms with Crippen LogP contribution in [0.3, 0.4) is 0 Å². The third kappa shape index (κ3) is 3.61. The Morgan fingerprint density at radius 1 is 1.15 bits per heavy atom. The van der Waals surface area contributed by atoms with Crippen molar-refractivity contribution in [2.75, 3.05) is 53.0 Å². The molecule has 144 valence electrons. The lowest BCUT2D eigenvalue weighted by molar-refractivity contribution is -0.137. The zero-order chi connectivity index (χ0) is 19.4. The quantitative estimate of drug-likeness (QED) is 0.558. The number of aliphatic hydroxyl groups excluding tert-OH is 1. The number of piperazine rings is 1. The van der Waals surface area contributed by atoms with E-state index in [-0.39, 0.29) is 25.0 Å². The first-order valence-corrected chi connectivity index (χ1v) is 9.05. The molecule has 2 aliphatic heterocycles. The Morgan fingerprint density at radius 2 is 1.85 bits per heavy atom. The summed E-state index contributed by atoms with van der Waals surface area (Å²) in [5, 5.41) is 9.12. The third-order valence-corrected chi connectivity index (χ3v) is 4.94. The molecule has 2 heterocycles. The lowest BCUT2D eigenvalue weighted by atomic mass is 10.0. The summed E-state index contributed by atoms with van der Waals surface area (Å²) in [5.41, 5.74) is 1.43. The number of methoxy groups -OCH3 is 1. The van der Waals surface area contributed by atoms with E-state index in [0.717, 1.165) is 13.1 Å². The van der Waals surface area contributed by atoms with Gasteiger partial charge in [0, 0.05) is 44.8 Å². The van der Waals surface area contributed by atoms with Gasteiger partial charge in [0.1, 0.15) is 11.4 Å². The van der Waals surface area contributed by atoms with Crippen molar-refractivity contribution >= 4 is 17.4 Å². The maximum atomic E-state index is 13.1. The van der Waals surface area contributed by atoms with E-state index in [2.05, 4.69) is 11.5 Å². The summed E-state index contributed by atoms with van der Waals surface area (Å²) < 4.78 is 5.43. The maximum absolute atomic E-state index is 13.1. The van der Waals surface area contributed by atoms with Gasteiger partial charge in [-0.25, -0.2) is 0 Å². The molecule has 1 fully saturated rings. The molecule has 1 aromatic rings. The molecule has 0 unspecified atom stereocenters. The largest absolute Gasteiger partial charge is 0.496 e. The van der Waals surface area contributed by atoms with Gasteiger partial charge >= 0.3 is 0 Å². The van der Waals surface area contributed by atoms with E-state index in [0.29, 0.717) is 42.2 Å². The number of ether oxygens (including phenoxy) is 1. The molecule has 1 aromatic carbocycles.